The predicted molar refractivity (Wildman–Crippen MR) is 67.7 cm³/mol. The second-order valence-corrected chi connectivity index (χ2v) is 3.85. The molecule has 0 aromatic heterocycles. The van der Waals surface area contributed by atoms with Gasteiger partial charge in [0.2, 0.25) is 0 Å². The van der Waals surface area contributed by atoms with Crippen LogP contribution in [0.5, 0.6) is 0 Å². The van der Waals surface area contributed by atoms with Crippen LogP contribution in [0.25, 0.3) is 0 Å². The van der Waals surface area contributed by atoms with Crippen molar-refractivity contribution in [2.75, 3.05) is 0 Å². The zero-order valence-electron chi connectivity index (χ0n) is 9.49. The molecule has 0 aliphatic carbocycles. The van der Waals surface area contributed by atoms with Crippen LogP contribution < -0.4 is 0 Å². The first-order valence-electron chi connectivity index (χ1n) is 5.91. The van der Waals surface area contributed by atoms with Gasteiger partial charge < -0.3 is 0 Å². The van der Waals surface area contributed by atoms with E-state index >= 15 is 0 Å². The molecule has 1 aromatic rings. The molecule has 0 bridgehead atoms. The van der Waals surface area contributed by atoms with Crippen LogP contribution in [-0.4, -0.2) is 0 Å². The normalized spacial score (nSPS) is 11.0. The first kappa shape index (κ1) is 12.0. The van der Waals surface area contributed by atoms with Crippen molar-refractivity contribution in [3.05, 3.63) is 55.0 Å². The molecule has 1 rings (SSSR count). The second-order valence-electron chi connectivity index (χ2n) is 3.85. The van der Waals surface area contributed by atoms with Gasteiger partial charge in [0.05, 0.1) is 0 Å². The molecule has 0 unspecified atom stereocenters. The van der Waals surface area contributed by atoms with E-state index in [2.05, 4.69) is 49.4 Å². The van der Waals surface area contributed by atoms with Gasteiger partial charge in [0, 0.05) is 0 Å². The largest absolute Gasteiger partial charge is 0.0885 e. The van der Waals surface area contributed by atoms with E-state index < -0.39 is 0 Å². The molecule has 0 aliphatic heterocycles. The van der Waals surface area contributed by atoms with Crippen LogP contribution in [0.4, 0.5) is 0 Å². The summed E-state index contributed by atoms with van der Waals surface area (Å²) in [6, 6.07) is 10.7. The summed E-state index contributed by atoms with van der Waals surface area (Å²) in [4.78, 5) is 0. The lowest BCUT2D eigenvalue weighted by Crippen LogP contribution is -1.84. The van der Waals surface area contributed by atoms with Gasteiger partial charge in [-0.25, -0.2) is 0 Å². The number of benzene rings is 1. The molecule has 0 atom stereocenters. The Morgan fingerprint density at radius 1 is 0.933 bits per heavy atom. The third-order valence-electron chi connectivity index (χ3n) is 2.51. The lowest BCUT2D eigenvalue weighted by molar-refractivity contribution is 0.686. The van der Waals surface area contributed by atoms with Gasteiger partial charge >= 0.3 is 0 Å². The van der Waals surface area contributed by atoms with Crippen LogP contribution >= 0.6 is 0 Å². The number of unbranched alkanes of at least 4 members (excludes halogenated alkanes) is 3. The highest BCUT2D eigenvalue weighted by atomic mass is 14.0. The zero-order chi connectivity index (χ0) is 10.8. The van der Waals surface area contributed by atoms with E-state index in [1.165, 1.54) is 37.7 Å². The highest BCUT2D eigenvalue weighted by Gasteiger charge is 1.91. The number of hydrogen-bond donors (Lipinski definition) is 0. The Balaban J connectivity index is 2.00. The minimum absolute atomic E-state index is 0.921. The van der Waals surface area contributed by atoms with E-state index in [1.54, 1.807) is 0 Å². The monoisotopic (exact) mass is 201 g/mol. The molecule has 15 heavy (non-hydrogen) atoms. The molecule has 0 nitrogen and oxygen atoms in total. The molecular formula is C15H21. The van der Waals surface area contributed by atoms with Gasteiger partial charge in [-0.05, 0) is 44.6 Å². The Bertz CT molecular complexity index is 259. The first-order valence-corrected chi connectivity index (χ1v) is 5.91. The lowest BCUT2D eigenvalue weighted by atomic mass is 10.1. The zero-order valence-corrected chi connectivity index (χ0v) is 9.49. The average molecular weight is 201 g/mol. The Kier molecular flexibility index (Phi) is 6.64. The number of allylic oxidation sites excluding steroid dienone is 2. The molecule has 81 valence electrons. The molecule has 0 saturated heterocycles. The molecule has 1 aromatic carbocycles. The van der Waals surface area contributed by atoms with E-state index in [1.807, 2.05) is 0 Å². The van der Waals surface area contributed by atoms with Crippen molar-refractivity contribution >= 4 is 0 Å². The van der Waals surface area contributed by atoms with Gasteiger partial charge in [-0.15, -0.1) is 0 Å². The van der Waals surface area contributed by atoms with Crippen LogP contribution in [0.2, 0.25) is 0 Å². The van der Waals surface area contributed by atoms with E-state index in [9.17, 15) is 0 Å². The molecule has 0 spiro atoms. The van der Waals surface area contributed by atoms with Crippen LogP contribution in [0.1, 0.15) is 37.7 Å². The van der Waals surface area contributed by atoms with Crippen molar-refractivity contribution in [3.63, 3.8) is 0 Å². The maximum atomic E-state index is 3.77. The summed E-state index contributed by atoms with van der Waals surface area (Å²) in [5.74, 6) is 0. The molecule has 0 heteroatoms. The SMILES string of the molecule is [CH2]C/C=C/CCCCCc1ccccc1. The lowest BCUT2D eigenvalue weighted by Gasteiger charge is -2.00. The van der Waals surface area contributed by atoms with Crippen LogP contribution in [0.3, 0.4) is 0 Å². The van der Waals surface area contributed by atoms with Gasteiger partial charge in [-0.3, -0.25) is 0 Å². The highest BCUT2D eigenvalue weighted by molar-refractivity contribution is 5.14. The van der Waals surface area contributed by atoms with Crippen LogP contribution in [0, 0.1) is 6.92 Å². The van der Waals surface area contributed by atoms with E-state index in [4.69, 9.17) is 0 Å². The number of rotatable bonds is 7. The molecular weight excluding hydrogens is 180 g/mol. The van der Waals surface area contributed by atoms with Gasteiger partial charge in [-0.2, -0.15) is 0 Å². The predicted octanol–water partition coefficient (Wildman–Crippen LogP) is 4.57. The van der Waals surface area contributed by atoms with Gasteiger partial charge in [0.25, 0.3) is 0 Å². The number of aryl methyl sites for hydroxylation is 1. The summed E-state index contributed by atoms with van der Waals surface area (Å²) in [5.41, 5.74) is 1.46. The first-order chi connectivity index (χ1) is 7.43. The molecule has 0 aliphatic rings. The second kappa shape index (κ2) is 8.28. The highest BCUT2D eigenvalue weighted by Crippen LogP contribution is 2.07. The van der Waals surface area contributed by atoms with Gasteiger partial charge in [0.1, 0.15) is 0 Å². The average Bonchev–Trinajstić information content (AvgIpc) is 2.29. The minimum Gasteiger partial charge on any atom is -0.0885 e. The fraction of sp³-hybridized carbons (Fsp3) is 0.400. The minimum atomic E-state index is 0.921. The van der Waals surface area contributed by atoms with Gasteiger partial charge in [-0.1, -0.05) is 48.9 Å². The van der Waals surface area contributed by atoms with Crippen LogP contribution in [0.15, 0.2) is 42.5 Å². The maximum absolute atomic E-state index is 3.77. The molecule has 0 amide bonds. The van der Waals surface area contributed by atoms with Crippen molar-refractivity contribution < 1.29 is 0 Å². The quantitative estimate of drug-likeness (QED) is 0.448. The van der Waals surface area contributed by atoms with Crippen molar-refractivity contribution in [1.82, 2.24) is 0 Å². The van der Waals surface area contributed by atoms with Crippen molar-refractivity contribution in [1.29, 1.82) is 0 Å². The standard InChI is InChI=1S/C15H21/c1-2-3-4-5-6-7-9-12-15-13-10-8-11-14-15/h3-4,8,10-11,13-14H,1-2,5-7,9,12H2/b4-3+. The Hall–Kier alpha value is -1.04. The fourth-order valence-electron chi connectivity index (χ4n) is 1.65. The molecule has 0 heterocycles. The Morgan fingerprint density at radius 2 is 1.73 bits per heavy atom. The van der Waals surface area contributed by atoms with E-state index in [-0.39, 0.29) is 0 Å². The third kappa shape index (κ3) is 6.11. The summed E-state index contributed by atoms with van der Waals surface area (Å²) in [7, 11) is 0. The summed E-state index contributed by atoms with van der Waals surface area (Å²) in [6.45, 7) is 3.77. The Labute approximate surface area is 94.0 Å². The smallest absolute Gasteiger partial charge is 0.0279 e. The topological polar surface area (TPSA) is 0 Å². The maximum Gasteiger partial charge on any atom is -0.0279 e. The summed E-state index contributed by atoms with van der Waals surface area (Å²) >= 11 is 0. The molecule has 0 N–H and O–H groups in total. The van der Waals surface area contributed by atoms with E-state index in [0.29, 0.717) is 0 Å². The van der Waals surface area contributed by atoms with Crippen LogP contribution in [-0.2, 0) is 6.42 Å². The van der Waals surface area contributed by atoms with Gasteiger partial charge in [0.15, 0.2) is 0 Å². The Morgan fingerprint density at radius 3 is 2.47 bits per heavy atom. The fourth-order valence-corrected chi connectivity index (χ4v) is 1.65. The summed E-state index contributed by atoms with van der Waals surface area (Å²) < 4.78 is 0. The van der Waals surface area contributed by atoms with E-state index in [0.717, 1.165) is 6.42 Å². The molecule has 0 fully saturated rings. The van der Waals surface area contributed by atoms with Crippen molar-refractivity contribution in [2.45, 2.75) is 38.5 Å². The molecule has 1 radical (unpaired) electrons. The van der Waals surface area contributed by atoms with Crippen molar-refractivity contribution in [2.24, 2.45) is 0 Å². The summed E-state index contributed by atoms with van der Waals surface area (Å²) in [5, 5.41) is 0. The van der Waals surface area contributed by atoms with Crippen molar-refractivity contribution in [3.8, 4) is 0 Å². The summed E-state index contributed by atoms with van der Waals surface area (Å²) in [6.07, 6.45) is 11.7. The molecule has 0 saturated carbocycles. The third-order valence-corrected chi connectivity index (χ3v) is 2.51. The number of hydrogen-bond acceptors (Lipinski definition) is 0.